The molecule has 2 rings (SSSR count). The molecule has 0 heterocycles. The molecule has 0 aliphatic carbocycles. The van der Waals surface area contributed by atoms with E-state index in [2.05, 4.69) is 4.72 Å². The number of halogens is 1. The van der Waals surface area contributed by atoms with Gasteiger partial charge >= 0.3 is 5.97 Å². The Morgan fingerprint density at radius 1 is 1.20 bits per heavy atom. The lowest BCUT2D eigenvalue weighted by Crippen LogP contribution is -1.98. The van der Waals surface area contributed by atoms with Crippen molar-refractivity contribution in [3.63, 3.8) is 0 Å². The lowest BCUT2D eigenvalue weighted by Gasteiger charge is -2.05. The van der Waals surface area contributed by atoms with E-state index in [-0.39, 0.29) is 11.3 Å². The molecule has 0 unspecified atom stereocenters. The van der Waals surface area contributed by atoms with Crippen LogP contribution in [0.4, 0.5) is 10.1 Å². The first kappa shape index (κ1) is 14.1. The van der Waals surface area contributed by atoms with Gasteiger partial charge in [0.1, 0.15) is 5.82 Å². The second kappa shape index (κ2) is 6.77. The molecule has 20 heavy (non-hydrogen) atoms. The van der Waals surface area contributed by atoms with E-state index >= 15 is 0 Å². The Hall–Kier alpha value is -2.27. The van der Waals surface area contributed by atoms with Crippen LogP contribution in [0.15, 0.2) is 53.9 Å². The minimum Gasteiger partial charge on any atom is -0.478 e. The van der Waals surface area contributed by atoms with E-state index < -0.39 is 11.8 Å². The highest BCUT2D eigenvalue weighted by atomic mass is 32.2. The third-order valence-electron chi connectivity index (χ3n) is 2.51. The summed E-state index contributed by atoms with van der Waals surface area (Å²) in [6.07, 6.45) is 1.87. The van der Waals surface area contributed by atoms with Crippen molar-refractivity contribution in [3.05, 3.63) is 70.9 Å². The second-order valence-electron chi connectivity index (χ2n) is 3.93. The zero-order valence-electron chi connectivity index (χ0n) is 10.4. The van der Waals surface area contributed by atoms with Crippen LogP contribution in [0.5, 0.6) is 0 Å². The normalized spacial score (nSPS) is 10.7. The smallest absolute Gasteiger partial charge is 0.335 e. The zero-order valence-corrected chi connectivity index (χ0v) is 11.2. The fourth-order valence-corrected chi connectivity index (χ4v) is 2.09. The van der Waals surface area contributed by atoms with Crippen LogP contribution in [-0.2, 0) is 0 Å². The Kier molecular flexibility index (Phi) is 4.79. The molecule has 2 aromatic carbocycles. The monoisotopic (exact) mass is 289 g/mol. The summed E-state index contributed by atoms with van der Waals surface area (Å²) in [5.74, 6) is -1.58. The van der Waals surface area contributed by atoms with E-state index in [1.54, 1.807) is 5.41 Å². The molecule has 0 aliphatic heterocycles. The van der Waals surface area contributed by atoms with Crippen molar-refractivity contribution in [2.75, 3.05) is 4.72 Å². The van der Waals surface area contributed by atoms with Crippen molar-refractivity contribution in [2.45, 2.75) is 0 Å². The van der Waals surface area contributed by atoms with Crippen molar-refractivity contribution in [3.8, 4) is 0 Å². The molecular formula is C15H12FNO2S. The summed E-state index contributed by atoms with van der Waals surface area (Å²) in [6.45, 7) is 0. The highest BCUT2D eigenvalue weighted by Gasteiger charge is 2.07. The van der Waals surface area contributed by atoms with Gasteiger partial charge < -0.3 is 9.83 Å². The summed E-state index contributed by atoms with van der Waals surface area (Å²) < 4.78 is 16.3. The number of nitrogens with one attached hydrogen (secondary N) is 1. The molecule has 2 aromatic rings. The zero-order chi connectivity index (χ0) is 14.4. The van der Waals surface area contributed by atoms with E-state index in [0.29, 0.717) is 0 Å². The highest BCUT2D eigenvalue weighted by Crippen LogP contribution is 2.20. The molecule has 0 spiro atoms. The molecule has 0 bridgehead atoms. The summed E-state index contributed by atoms with van der Waals surface area (Å²) in [4.78, 5) is 10.8. The van der Waals surface area contributed by atoms with E-state index in [0.717, 1.165) is 11.6 Å². The van der Waals surface area contributed by atoms with E-state index in [4.69, 9.17) is 5.11 Å². The second-order valence-corrected chi connectivity index (χ2v) is 4.65. The molecule has 0 fully saturated rings. The van der Waals surface area contributed by atoms with Crippen molar-refractivity contribution >= 4 is 29.7 Å². The Morgan fingerprint density at radius 2 is 1.95 bits per heavy atom. The van der Waals surface area contributed by atoms with Crippen LogP contribution in [0, 0.1) is 5.82 Å². The van der Waals surface area contributed by atoms with Gasteiger partial charge in [0, 0.05) is 0 Å². The maximum atomic E-state index is 13.5. The SMILES string of the molecule is O=C(O)c1ccc(F)c(NS/C=C/c2ccccc2)c1. The molecule has 0 atom stereocenters. The van der Waals surface area contributed by atoms with Crippen molar-refractivity contribution in [1.29, 1.82) is 0 Å². The molecule has 5 heteroatoms. The molecule has 2 N–H and O–H groups in total. The van der Waals surface area contributed by atoms with Crippen molar-refractivity contribution in [1.82, 2.24) is 0 Å². The predicted molar refractivity (Wildman–Crippen MR) is 80.0 cm³/mol. The number of benzene rings is 2. The average Bonchev–Trinajstić information content (AvgIpc) is 2.46. The lowest BCUT2D eigenvalue weighted by molar-refractivity contribution is 0.0697. The maximum Gasteiger partial charge on any atom is 0.335 e. The minimum absolute atomic E-state index is 0.0431. The topological polar surface area (TPSA) is 49.3 Å². The van der Waals surface area contributed by atoms with Gasteiger partial charge in [-0.15, -0.1) is 0 Å². The van der Waals surface area contributed by atoms with Crippen LogP contribution in [0.3, 0.4) is 0 Å². The van der Waals surface area contributed by atoms with Gasteiger partial charge in [-0.2, -0.15) is 0 Å². The number of aromatic carboxylic acids is 1. The predicted octanol–water partition coefficient (Wildman–Crippen LogP) is 4.25. The summed E-state index contributed by atoms with van der Waals surface area (Å²) in [7, 11) is 0. The quantitative estimate of drug-likeness (QED) is 0.808. The summed E-state index contributed by atoms with van der Waals surface area (Å²) in [6, 6.07) is 13.3. The van der Waals surface area contributed by atoms with Crippen molar-refractivity contribution < 1.29 is 14.3 Å². The van der Waals surface area contributed by atoms with Gasteiger partial charge in [0.15, 0.2) is 0 Å². The van der Waals surface area contributed by atoms with E-state index in [1.807, 2.05) is 36.4 Å². The van der Waals surface area contributed by atoms with Gasteiger partial charge in [-0.05, 0) is 47.2 Å². The Morgan fingerprint density at radius 3 is 2.65 bits per heavy atom. The molecule has 0 aromatic heterocycles. The number of carboxylic acid groups (broad SMARTS) is 1. The lowest BCUT2D eigenvalue weighted by atomic mass is 10.2. The van der Waals surface area contributed by atoms with Gasteiger partial charge in [0.2, 0.25) is 0 Å². The van der Waals surface area contributed by atoms with Crippen LogP contribution >= 0.6 is 11.9 Å². The van der Waals surface area contributed by atoms with Gasteiger partial charge in [0.05, 0.1) is 11.3 Å². The number of hydrogen-bond donors (Lipinski definition) is 2. The molecule has 0 radical (unpaired) electrons. The largest absolute Gasteiger partial charge is 0.478 e. The number of rotatable bonds is 5. The van der Waals surface area contributed by atoms with Crippen LogP contribution < -0.4 is 4.72 Å². The fraction of sp³-hybridized carbons (Fsp3) is 0. The summed E-state index contributed by atoms with van der Waals surface area (Å²) in [5, 5.41) is 10.6. The number of anilines is 1. The Balaban J connectivity index is 1.99. The first-order valence-corrected chi connectivity index (χ1v) is 6.71. The molecule has 102 valence electrons. The molecule has 0 amide bonds. The van der Waals surface area contributed by atoms with Crippen LogP contribution in [0.1, 0.15) is 15.9 Å². The summed E-state index contributed by atoms with van der Waals surface area (Å²) in [5.41, 5.74) is 1.22. The standard InChI is InChI=1S/C15H12FNO2S/c16-13-7-6-12(15(18)19)10-14(13)17-20-9-8-11-4-2-1-3-5-11/h1-10,17H,(H,18,19)/b9-8+. The number of carboxylic acids is 1. The highest BCUT2D eigenvalue weighted by molar-refractivity contribution is 8.03. The average molecular weight is 289 g/mol. The number of hydrogen-bond acceptors (Lipinski definition) is 3. The number of carbonyl (C=O) groups is 1. The first-order chi connectivity index (χ1) is 9.66. The van der Waals surface area contributed by atoms with E-state index in [9.17, 15) is 9.18 Å². The third kappa shape index (κ3) is 3.86. The fourth-order valence-electron chi connectivity index (χ4n) is 1.51. The van der Waals surface area contributed by atoms with Crippen LogP contribution in [-0.4, -0.2) is 11.1 Å². The van der Waals surface area contributed by atoms with E-state index in [1.165, 1.54) is 24.1 Å². The summed E-state index contributed by atoms with van der Waals surface area (Å²) >= 11 is 1.17. The minimum atomic E-state index is -1.09. The third-order valence-corrected chi connectivity index (χ3v) is 3.12. The Labute approximate surface area is 120 Å². The molecule has 3 nitrogen and oxygen atoms in total. The molecule has 0 aliphatic rings. The van der Waals surface area contributed by atoms with Crippen LogP contribution in [0.25, 0.3) is 6.08 Å². The Bertz CT molecular complexity index is 629. The molecule has 0 saturated heterocycles. The van der Waals surface area contributed by atoms with Crippen LogP contribution in [0.2, 0.25) is 0 Å². The van der Waals surface area contributed by atoms with Crippen molar-refractivity contribution in [2.24, 2.45) is 0 Å². The van der Waals surface area contributed by atoms with Gasteiger partial charge in [-0.25, -0.2) is 9.18 Å². The first-order valence-electron chi connectivity index (χ1n) is 5.83. The maximum absolute atomic E-state index is 13.5. The molecular weight excluding hydrogens is 277 g/mol. The molecule has 0 saturated carbocycles. The van der Waals surface area contributed by atoms with Gasteiger partial charge in [-0.3, -0.25) is 0 Å². The van der Waals surface area contributed by atoms with Gasteiger partial charge in [-0.1, -0.05) is 30.3 Å². The van der Waals surface area contributed by atoms with Gasteiger partial charge in [0.25, 0.3) is 0 Å².